The first kappa shape index (κ1) is 15.4. The molecule has 2 aromatic rings. The van der Waals surface area contributed by atoms with Gasteiger partial charge in [-0.2, -0.15) is 0 Å². The predicted molar refractivity (Wildman–Crippen MR) is 79.9 cm³/mol. The van der Waals surface area contributed by atoms with Crippen LogP contribution >= 0.6 is 15.9 Å². The molecule has 0 aliphatic carbocycles. The zero-order valence-corrected chi connectivity index (χ0v) is 12.6. The van der Waals surface area contributed by atoms with E-state index in [9.17, 15) is 14.5 Å². The van der Waals surface area contributed by atoms with E-state index >= 15 is 0 Å². The van der Waals surface area contributed by atoms with Gasteiger partial charge in [0, 0.05) is 16.6 Å². The van der Waals surface area contributed by atoms with Gasteiger partial charge in [-0.25, -0.2) is 4.39 Å². The summed E-state index contributed by atoms with van der Waals surface area (Å²) in [4.78, 5) is 10.4. The molecule has 5 nitrogen and oxygen atoms in total. The molecule has 110 valence electrons. The molecule has 21 heavy (non-hydrogen) atoms. The third-order valence-corrected chi connectivity index (χ3v) is 3.31. The van der Waals surface area contributed by atoms with Crippen LogP contribution < -0.4 is 10.5 Å². The minimum absolute atomic E-state index is 0.0318. The molecule has 0 aliphatic heterocycles. The third kappa shape index (κ3) is 3.56. The molecular formula is C14H12BrFN2O3. The lowest BCUT2D eigenvalue weighted by Gasteiger charge is -2.10. The Kier molecular flexibility index (Phi) is 4.54. The Balaban J connectivity index is 2.37. The van der Waals surface area contributed by atoms with E-state index in [1.165, 1.54) is 24.3 Å². The van der Waals surface area contributed by atoms with Crippen LogP contribution in [0.3, 0.4) is 0 Å². The Morgan fingerprint density at radius 3 is 2.52 bits per heavy atom. The van der Waals surface area contributed by atoms with Gasteiger partial charge in [-0.1, -0.05) is 22.0 Å². The summed E-state index contributed by atoms with van der Waals surface area (Å²) in [5, 5.41) is 11.0. The highest BCUT2D eigenvalue weighted by Gasteiger charge is 2.18. The van der Waals surface area contributed by atoms with Crippen LogP contribution in [0.2, 0.25) is 0 Å². The van der Waals surface area contributed by atoms with Crippen molar-refractivity contribution in [3.05, 3.63) is 62.4 Å². The quantitative estimate of drug-likeness (QED) is 0.655. The molecule has 2 N–H and O–H groups in total. The molecule has 0 amide bonds. The summed E-state index contributed by atoms with van der Waals surface area (Å²) in [6.07, 6.45) is 0. The Hall–Kier alpha value is -1.99. The summed E-state index contributed by atoms with van der Waals surface area (Å²) in [5.74, 6) is -0.748. The molecule has 0 spiro atoms. The van der Waals surface area contributed by atoms with E-state index in [2.05, 4.69) is 15.9 Å². The van der Waals surface area contributed by atoms with Crippen molar-refractivity contribution in [1.29, 1.82) is 0 Å². The lowest BCUT2D eigenvalue weighted by atomic mass is 10.1. The molecule has 2 aromatic carbocycles. The summed E-state index contributed by atoms with van der Waals surface area (Å²) in [6.45, 7) is 1.73. The lowest BCUT2D eigenvalue weighted by molar-refractivity contribution is -0.385. The molecule has 0 aliphatic rings. The maximum absolute atomic E-state index is 13.9. The molecular weight excluding hydrogens is 343 g/mol. The van der Waals surface area contributed by atoms with Crippen LogP contribution in [0, 0.1) is 15.9 Å². The SMILES string of the molecule is C[C@@H](N)c1ccc(Oc2ccc(Br)cc2[N+](=O)[O-])c(F)c1. The number of benzene rings is 2. The van der Waals surface area contributed by atoms with Crippen LogP contribution in [0.1, 0.15) is 18.5 Å². The average molecular weight is 355 g/mol. The van der Waals surface area contributed by atoms with Crippen molar-refractivity contribution in [3.8, 4) is 11.5 Å². The molecule has 0 heterocycles. The first-order valence-corrected chi connectivity index (χ1v) is 6.84. The van der Waals surface area contributed by atoms with Crippen molar-refractivity contribution >= 4 is 21.6 Å². The Bertz CT molecular complexity index is 692. The summed E-state index contributed by atoms with van der Waals surface area (Å²) >= 11 is 3.14. The van der Waals surface area contributed by atoms with Gasteiger partial charge in [0.05, 0.1) is 4.92 Å². The largest absolute Gasteiger partial charge is 0.447 e. The van der Waals surface area contributed by atoms with Crippen LogP contribution in [-0.2, 0) is 0 Å². The second kappa shape index (κ2) is 6.19. The van der Waals surface area contributed by atoms with Gasteiger partial charge >= 0.3 is 5.69 Å². The summed E-state index contributed by atoms with van der Waals surface area (Å²) in [5.41, 5.74) is 6.03. The monoisotopic (exact) mass is 354 g/mol. The Labute approximate surface area is 128 Å². The van der Waals surface area contributed by atoms with E-state index in [-0.39, 0.29) is 23.2 Å². The number of nitrogens with zero attached hydrogens (tertiary/aromatic N) is 1. The topological polar surface area (TPSA) is 78.4 Å². The highest BCUT2D eigenvalue weighted by molar-refractivity contribution is 9.10. The average Bonchev–Trinajstić information content (AvgIpc) is 2.42. The fraction of sp³-hybridized carbons (Fsp3) is 0.143. The van der Waals surface area contributed by atoms with Crippen molar-refractivity contribution in [3.63, 3.8) is 0 Å². The minimum atomic E-state index is -0.623. The maximum Gasteiger partial charge on any atom is 0.312 e. The molecule has 0 bridgehead atoms. The normalized spacial score (nSPS) is 12.0. The first-order valence-electron chi connectivity index (χ1n) is 6.05. The van der Waals surface area contributed by atoms with Crippen LogP contribution in [-0.4, -0.2) is 4.92 Å². The number of hydrogen-bond acceptors (Lipinski definition) is 4. The first-order chi connectivity index (χ1) is 9.88. The van der Waals surface area contributed by atoms with Crippen molar-refractivity contribution in [2.24, 2.45) is 5.73 Å². The summed E-state index contributed by atoms with van der Waals surface area (Å²) in [6, 6.07) is 8.25. The van der Waals surface area contributed by atoms with Crippen LogP contribution in [0.5, 0.6) is 11.5 Å². The molecule has 0 saturated carbocycles. The predicted octanol–water partition coefficient (Wildman–Crippen LogP) is 4.31. The van der Waals surface area contributed by atoms with E-state index in [1.54, 1.807) is 19.1 Å². The third-order valence-electron chi connectivity index (χ3n) is 2.82. The van der Waals surface area contributed by atoms with Gasteiger partial charge in [-0.3, -0.25) is 10.1 Å². The molecule has 0 unspecified atom stereocenters. The van der Waals surface area contributed by atoms with Gasteiger partial charge in [0.1, 0.15) is 0 Å². The van der Waals surface area contributed by atoms with Crippen molar-refractivity contribution in [2.45, 2.75) is 13.0 Å². The highest BCUT2D eigenvalue weighted by Crippen LogP contribution is 2.35. The van der Waals surface area contributed by atoms with Gasteiger partial charge in [-0.15, -0.1) is 0 Å². The zero-order chi connectivity index (χ0) is 15.6. The number of halogens is 2. The zero-order valence-electron chi connectivity index (χ0n) is 11.0. The van der Waals surface area contributed by atoms with Crippen LogP contribution in [0.15, 0.2) is 40.9 Å². The van der Waals surface area contributed by atoms with E-state index in [0.717, 1.165) is 0 Å². The minimum Gasteiger partial charge on any atom is -0.447 e. The number of nitrogens with two attached hydrogens (primary N) is 1. The fourth-order valence-electron chi connectivity index (χ4n) is 1.72. The summed E-state index contributed by atoms with van der Waals surface area (Å²) in [7, 11) is 0. The van der Waals surface area contributed by atoms with Crippen LogP contribution in [0.4, 0.5) is 10.1 Å². The molecule has 2 rings (SSSR count). The van der Waals surface area contributed by atoms with E-state index in [1.807, 2.05) is 0 Å². The van der Waals surface area contributed by atoms with Gasteiger partial charge in [0.25, 0.3) is 0 Å². The molecule has 0 aromatic heterocycles. The molecule has 1 atom stereocenters. The number of rotatable bonds is 4. The number of hydrogen-bond donors (Lipinski definition) is 1. The van der Waals surface area contributed by atoms with Gasteiger partial charge in [-0.05, 0) is 36.8 Å². The smallest absolute Gasteiger partial charge is 0.312 e. The number of ether oxygens (including phenoxy) is 1. The lowest BCUT2D eigenvalue weighted by Crippen LogP contribution is -2.05. The van der Waals surface area contributed by atoms with Crippen molar-refractivity contribution in [1.82, 2.24) is 0 Å². The molecule has 0 saturated heterocycles. The van der Waals surface area contributed by atoms with Crippen LogP contribution in [0.25, 0.3) is 0 Å². The maximum atomic E-state index is 13.9. The van der Waals surface area contributed by atoms with E-state index in [0.29, 0.717) is 10.0 Å². The number of nitro benzene ring substituents is 1. The second-order valence-electron chi connectivity index (χ2n) is 4.45. The van der Waals surface area contributed by atoms with Gasteiger partial charge in [0.15, 0.2) is 11.6 Å². The summed E-state index contributed by atoms with van der Waals surface area (Å²) < 4.78 is 19.8. The highest BCUT2D eigenvalue weighted by atomic mass is 79.9. The van der Waals surface area contributed by atoms with Gasteiger partial charge in [0.2, 0.25) is 5.75 Å². The van der Waals surface area contributed by atoms with Gasteiger partial charge < -0.3 is 10.5 Å². The molecule has 0 radical (unpaired) electrons. The Morgan fingerprint density at radius 1 is 1.29 bits per heavy atom. The molecule has 0 fully saturated rings. The fourth-order valence-corrected chi connectivity index (χ4v) is 2.07. The Morgan fingerprint density at radius 2 is 1.95 bits per heavy atom. The number of nitro groups is 1. The van der Waals surface area contributed by atoms with Crippen molar-refractivity contribution < 1.29 is 14.1 Å². The standard InChI is InChI=1S/C14H12BrFN2O3/c1-8(17)9-2-4-13(11(16)6-9)21-14-5-3-10(15)7-12(14)18(19)20/h2-8H,17H2,1H3/t8-/m1/s1. The van der Waals surface area contributed by atoms with Crippen molar-refractivity contribution in [2.75, 3.05) is 0 Å². The molecule has 7 heteroatoms. The van der Waals surface area contributed by atoms with E-state index in [4.69, 9.17) is 10.5 Å². The van der Waals surface area contributed by atoms with E-state index < -0.39 is 10.7 Å². The second-order valence-corrected chi connectivity index (χ2v) is 5.37.